The first-order valence-corrected chi connectivity index (χ1v) is 18.8. The highest BCUT2D eigenvalue weighted by Crippen LogP contribution is 2.37. The second-order valence-electron chi connectivity index (χ2n) is 14.9. The SMILES string of the molecule is Cn1c(-c2cn(-c3ccc(N)nc3)nc2C(F)(F)F)cnc1C(=O)Nc1ccc(C(=O)N2CCN(C(=O)C3CC[N+](CC(=O)[O-])(CC4CNC4)CC3)CC2)c(Cl)c1. The maximum atomic E-state index is 14.1. The third-order valence-corrected chi connectivity index (χ3v) is 11.4. The Hall–Kier alpha value is -5.53. The van der Waals surface area contributed by atoms with E-state index < -0.39 is 23.7 Å². The molecule has 3 aliphatic rings. The van der Waals surface area contributed by atoms with E-state index in [2.05, 4.69) is 25.7 Å². The molecule has 3 amide bonds. The summed E-state index contributed by atoms with van der Waals surface area (Å²) >= 11 is 6.53. The van der Waals surface area contributed by atoms with Crippen LogP contribution in [0.2, 0.25) is 5.02 Å². The van der Waals surface area contributed by atoms with E-state index in [1.165, 1.54) is 54.3 Å². The Bertz CT molecular complexity index is 2170. The number of nitrogens with two attached hydrogens (primary N) is 1. The predicted molar refractivity (Wildman–Crippen MR) is 199 cm³/mol. The van der Waals surface area contributed by atoms with E-state index in [1.807, 2.05) is 0 Å². The number of piperidine rings is 1. The number of carboxylic acids is 1. The quantitative estimate of drug-likeness (QED) is 0.198. The Kier molecular flexibility index (Phi) is 11.0. The van der Waals surface area contributed by atoms with Crippen LogP contribution in [0.15, 0.2) is 48.9 Å². The van der Waals surface area contributed by atoms with Gasteiger partial charge in [-0.2, -0.15) is 18.3 Å². The van der Waals surface area contributed by atoms with Crippen molar-refractivity contribution in [3.63, 3.8) is 0 Å². The topological polar surface area (TPSA) is 196 Å². The lowest BCUT2D eigenvalue weighted by Crippen LogP contribution is -2.63. The van der Waals surface area contributed by atoms with Gasteiger partial charge in [0, 0.05) is 82.9 Å². The van der Waals surface area contributed by atoms with Crippen LogP contribution in [0.4, 0.5) is 24.7 Å². The molecule has 0 bridgehead atoms. The third-order valence-electron chi connectivity index (χ3n) is 11.1. The Morgan fingerprint density at radius 2 is 1.72 bits per heavy atom. The lowest BCUT2D eigenvalue weighted by Gasteiger charge is -2.47. The molecule has 3 aliphatic heterocycles. The van der Waals surface area contributed by atoms with Gasteiger partial charge in [0.2, 0.25) is 5.91 Å². The first-order valence-electron chi connectivity index (χ1n) is 18.5. The molecule has 20 heteroatoms. The highest BCUT2D eigenvalue weighted by Gasteiger charge is 2.42. The number of aromatic nitrogens is 5. The van der Waals surface area contributed by atoms with Gasteiger partial charge >= 0.3 is 6.18 Å². The number of halogens is 4. The number of nitrogen functional groups attached to an aromatic ring is 1. The Morgan fingerprint density at radius 1 is 1.02 bits per heavy atom. The minimum Gasteiger partial charge on any atom is -0.544 e. The summed E-state index contributed by atoms with van der Waals surface area (Å²) in [6.07, 6.45) is -0.0413. The molecule has 3 fully saturated rings. The number of hydrogen-bond donors (Lipinski definition) is 3. The standard InChI is InChI=1S/C37H41ClF3N11O5/c1-48-29(27-19-51(47-32(27)37(39,40)41)25-3-5-30(42)44-17-25)18-45-33(48)34(55)46-24-2-4-26(28(38)14-24)36(57)50-10-8-49(9-11-50)35(56)23-6-12-52(13-7-23,21-31(53)54)20-22-15-43-16-22/h2-5,14,17-19,22-23,43H,6-13,15-16,20-21H2,1H3,(H3-,42,44,46,53,54,55,57). The number of hydrogen-bond acceptors (Lipinski definition) is 10. The number of nitrogens with zero attached hydrogens (tertiary/aromatic N) is 8. The normalized spacial score (nSPS) is 20.3. The van der Waals surface area contributed by atoms with E-state index >= 15 is 0 Å². The van der Waals surface area contributed by atoms with E-state index in [-0.39, 0.29) is 69.1 Å². The molecule has 1 aromatic carbocycles. The van der Waals surface area contributed by atoms with Gasteiger partial charge in [0.25, 0.3) is 11.8 Å². The lowest BCUT2D eigenvalue weighted by atomic mass is 9.90. The fourth-order valence-electron chi connectivity index (χ4n) is 7.89. The molecular formula is C37H41ClF3N11O5. The van der Waals surface area contributed by atoms with Gasteiger partial charge < -0.3 is 45.1 Å². The first-order chi connectivity index (χ1) is 27.1. The molecular weight excluding hydrogens is 771 g/mol. The van der Waals surface area contributed by atoms with Crippen molar-refractivity contribution in [3.8, 4) is 16.9 Å². The number of aliphatic carboxylic acids is 1. The molecule has 0 aliphatic carbocycles. The highest BCUT2D eigenvalue weighted by atomic mass is 35.5. The second-order valence-corrected chi connectivity index (χ2v) is 15.3. The first kappa shape index (κ1) is 39.7. The summed E-state index contributed by atoms with van der Waals surface area (Å²) in [7, 11) is 1.40. The minimum atomic E-state index is -4.82. The molecule has 57 heavy (non-hydrogen) atoms. The van der Waals surface area contributed by atoms with Gasteiger partial charge in [-0.3, -0.25) is 14.4 Å². The number of pyridine rings is 1. The summed E-state index contributed by atoms with van der Waals surface area (Å²) in [6, 6.07) is 7.24. The van der Waals surface area contributed by atoms with Crippen molar-refractivity contribution in [1.29, 1.82) is 0 Å². The zero-order valence-corrected chi connectivity index (χ0v) is 31.7. The number of nitrogens with one attached hydrogen (secondary N) is 2. The average molecular weight is 812 g/mol. The molecule has 16 nitrogen and oxygen atoms in total. The van der Waals surface area contributed by atoms with Crippen LogP contribution in [-0.4, -0.2) is 128 Å². The number of piperazine rings is 1. The second kappa shape index (κ2) is 15.8. The van der Waals surface area contributed by atoms with Crippen LogP contribution in [0.25, 0.3) is 16.9 Å². The van der Waals surface area contributed by atoms with E-state index in [4.69, 9.17) is 17.3 Å². The van der Waals surface area contributed by atoms with Crippen LogP contribution in [0, 0.1) is 11.8 Å². The number of carbonyl (C=O) groups excluding carboxylic acids is 4. The molecule has 7 rings (SSSR count). The number of anilines is 2. The number of benzene rings is 1. The summed E-state index contributed by atoms with van der Waals surface area (Å²) in [6.45, 7) is 4.94. The number of alkyl halides is 3. The summed E-state index contributed by atoms with van der Waals surface area (Å²) in [5, 5.41) is 21.2. The van der Waals surface area contributed by atoms with Crippen molar-refractivity contribution in [1.82, 2.24) is 39.4 Å². The lowest BCUT2D eigenvalue weighted by molar-refractivity contribution is -0.931. The molecule has 6 heterocycles. The van der Waals surface area contributed by atoms with E-state index in [0.717, 1.165) is 30.5 Å². The fraction of sp³-hybridized carbons (Fsp3) is 0.432. The average Bonchev–Trinajstić information content (AvgIpc) is 3.77. The largest absolute Gasteiger partial charge is 0.544 e. The molecule has 0 saturated carbocycles. The van der Waals surface area contributed by atoms with Crippen LogP contribution in [0.1, 0.15) is 39.5 Å². The smallest absolute Gasteiger partial charge is 0.435 e. The highest BCUT2D eigenvalue weighted by molar-refractivity contribution is 6.34. The van der Waals surface area contributed by atoms with Gasteiger partial charge in [-0.05, 0) is 30.3 Å². The van der Waals surface area contributed by atoms with Crippen molar-refractivity contribution < 1.29 is 41.9 Å². The van der Waals surface area contributed by atoms with Crippen molar-refractivity contribution in [3.05, 3.63) is 71.0 Å². The fourth-order valence-corrected chi connectivity index (χ4v) is 8.15. The monoisotopic (exact) mass is 811 g/mol. The third kappa shape index (κ3) is 8.45. The van der Waals surface area contributed by atoms with E-state index in [9.17, 15) is 37.5 Å². The minimum absolute atomic E-state index is 0.0169. The predicted octanol–water partition coefficient (Wildman–Crippen LogP) is 1.66. The summed E-state index contributed by atoms with van der Waals surface area (Å²) in [4.78, 5) is 63.2. The van der Waals surface area contributed by atoms with Gasteiger partial charge in [-0.25, -0.2) is 14.6 Å². The number of carboxylic acid groups (broad SMARTS) is 1. The Labute approximate surface area is 330 Å². The maximum absolute atomic E-state index is 14.1. The van der Waals surface area contributed by atoms with Crippen molar-refractivity contribution >= 4 is 46.8 Å². The molecule has 302 valence electrons. The Balaban J connectivity index is 0.954. The van der Waals surface area contributed by atoms with Gasteiger partial charge in [-0.15, -0.1) is 0 Å². The van der Waals surface area contributed by atoms with Crippen LogP contribution in [0.5, 0.6) is 0 Å². The number of likely N-dealkylation sites (tertiary alicyclic amines) is 1. The molecule has 3 saturated heterocycles. The summed E-state index contributed by atoms with van der Waals surface area (Å²) in [5.41, 5.74) is 4.74. The van der Waals surface area contributed by atoms with Crippen molar-refractivity contribution in [2.24, 2.45) is 18.9 Å². The zero-order valence-electron chi connectivity index (χ0n) is 31.0. The number of amides is 3. The summed E-state index contributed by atoms with van der Waals surface area (Å²) < 4.78 is 44.9. The zero-order chi connectivity index (χ0) is 40.6. The molecule has 0 spiro atoms. The van der Waals surface area contributed by atoms with Crippen LogP contribution >= 0.6 is 11.6 Å². The molecule has 4 N–H and O–H groups in total. The molecule has 3 aromatic heterocycles. The van der Waals surface area contributed by atoms with Crippen LogP contribution < -0.4 is 21.5 Å². The maximum Gasteiger partial charge on any atom is 0.435 e. The van der Waals surface area contributed by atoms with Gasteiger partial charge in [0.05, 0.1) is 65.5 Å². The van der Waals surface area contributed by atoms with Gasteiger partial charge in [0.1, 0.15) is 12.4 Å². The van der Waals surface area contributed by atoms with Crippen LogP contribution in [-0.2, 0) is 22.8 Å². The van der Waals surface area contributed by atoms with Crippen molar-refractivity contribution in [2.75, 3.05) is 76.5 Å². The number of carbonyl (C=O) groups is 4. The van der Waals surface area contributed by atoms with E-state index in [0.29, 0.717) is 62.5 Å². The van der Waals surface area contributed by atoms with Crippen LogP contribution in [0.3, 0.4) is 0 Å². The summed E-state index contributed by atoms with van der Waals surface area (Å²) in [5.74, 6) is -1.93. The molecule has 4 aromatic rings. The molecule has 0 atom stereocenters. The van der Waals surface area contributed by atoms with Crippen molar-refractivity contribution in [2.45, 2.75) is 19.0 Å². The van der Waals surface area contributed by atoms with Gasteiger partial charge in [0.15, 0.2) is 11.5 Å². The number of imidazole rings is 1. The molecule has 0 radical (unpaired) electrons. The Morgan fingerprint density at radius 3 is 2.32 bits per heavy atom. The number of rotatable bonds is 10. The van der Waals surface area contributed by atoms with E-state index in [1.54, 1.807) is 9.80 Å². The van der Waals surface area contributed by atoms with Gasteiger partial charge in [-0.1, -0.05) is 11.6 Å². The molecule has 0 unspecified atom stereocenters. The number of quaternary nitrogens is 1.